The Kier molecular flexibility index (Phi) is 6.00. The number of hydrogen-bond acceptors (Lipinski definition) is 5. The van der Waals surface area contributed by atoms with E-state index < -0.39 is 0 Å². The van der Waals surface area contributed by atoms with Gasteiger partial charge in [0.05, 0.1) is 11.4 Å². The third kappa shape index (κ3) is 4.71. The van der Waals surface area contributed by atoms with E-state index in [-0.39, 0.29) is 11.8 Å². The fraction of sp³-hybridized carbons (Fsp3) is 0.348. The molecule has 29 heavy (non-hydrogen) atoms. The summed E-state index contributed by atoms with van der Waals surface area (Å²) in [6.07, 6.45) is 2.93. The number of primary amides is 1. The molecule has 4 rings (SSSR count). The van der Waals surface area contributed by atoms with Gasteiger partial charge in [0.25, 0.3) is 0 Å². The van der Waals surface area contributed by atoms with E-state index in [2.05, 4.69) is 16.3 Å². The summed E-state index contributed by atoms with van der Waals surface area (Å²) < 4.78 is 0. The molecule has 1 saturated heterocycles. The Hall–Kier alpha value is -2.99. The second-order valence-electron chi connectivity index (χ2n) is 7.60. The normalized spacial score (nSPS) is 17.3. The Morgan fingerprint density at radius 3 is 2.72 bits per heavy atom. The van der Waals surface area contributed by atoms with Crippen LogP contribution in [0.4, 0.5) is 5.82 Å². The van der Waals surface area contributed by atoms with Crippen LogP contribution in [-0.4, -0.2) is 47.0 Å². The average molecular weight is 390 g/mol. The maximum absolute atomic E-state index is 11.5. The van der Waals surface area contributed by atoms with Gasteiger partial charge in [0.1, 0.15) is 5.82 Å². The van der Waals surface area contributed by atoms with Crippen LogP contribution in [-0.2, 0) is 4.79 Å². The van der Waals surface area contributed by atoms with Crippen molar-refractivity contribution in [1.29, 1.82) is 0 Å². The second-order valence-corrected chi connectivity index (χ2v) is 7.60. The molecule has 0 saturated carbocycles. The number of para-hydroxylation sites is 1. The highest BCUT2D eigenvalue weighted by Gasteiger charge is 2.23. The number of fused-ring (bicyclic) bond motifs is 1. The highest BCUT2D eigenvalue weighted by molar-refractivity contribution is 5.90. The molecule has 6 heteroatoms. The van der Waals surface area contributed by atoms with Crippen molar-refractivity contribution in [2.45, 2.75) is 19.3 Å². The third-order valence-corrected chi connectivity index (χ3v) is 5.49. The summed E-state index contributed by atoms with van der Waals surface area (Å²) in [5.41, 5.74) is 7.42. The Morgan fingerprint density at radius 2 is 1.90 bits per heavy atom. The number of carbonyl (C=O) groups excluding carboxylic acids is 1. The standard InChI is InChI=1S/C23H27N5O/c24-21(29)18-10-6-14-28(16-18)15-7-13-25-23-19-11-4-5-12-20(19)26-22(27-23)17-8-2-1-3-9-17/h1-5,8-9,11-12,18H,6-7,10,13-16H2,(H2,24,29)(H,25,26,27)/t18-/m0/s1. The number of likely N-dealkylation sites (tertiary alicyclic amines) is 1. The van der Waals surface area contributed by atoms with E-state index in [0.29, 0.717) is 0 Å². The number of rotatable bonds is 7. The van der Waals surface area contributed by atoms with Crippen molar-refractivity contribution < 1.29 is 4.79 Å². The molecule has 1 atom stereocenters. The van der Waals surface area contributed by atoms with Gasteiger partial charge in [-0.2, -0.15) is 0 Å². The summed E-state index contributed by atoms with van der Waals surface area (Å²) in [5, 5.41) is 4.53. The summed E-state index contributed by atoms with van der Waals surface area (Å²) in [6, 6.07) is 18.1. The Morgan fingerprint density at radius 1 is 1.10 bits per heavy atom. The topological polar surface area (TPSA) is 84.1 Å². The number of aromatic nitrogens is 2. The van der Waals surface area contributed by atoms with E-state index >= 15 is 0 Å². The zero-order valence-electron chi connectivity index (χ0n) is 16.6. The van der Waals surface area contributed by atoms with Gasteiger partial charge < -0.3 is 16.0 Å². The first-order valence-corrected chi connectivity index (χ1v) is 10.3. The van der Waals surface area contributed by atoms with Gasteiger partial charge in [-0.3, -0.25) is 4.79 Å². The van der Waals surface area contributed by atoms with Crippen LogP contribution in [0.25, 0.3) is 22.3 Å². The van der Waals surface area contributed by atoms with E-state index in [1.54, 1.807) is 0 Å². The van der Waals surface area contributed by atoms with Crippen molar-refractivity contribution in [2.24, 2.45) is 11.7 Å². The van der Waals surface area contributed by atoms with Crippen LogP contribution in [0.2, 0.25) is 0 Å². The van der Waals surface area contributed by atoms with Crippen molar-refractivity contribution >= 4 is 22.6 Å². The predicted molar refractivity (Wildman–Crippen MR) is 116 cm³/mol. The maximum Gasteiger partial charge on any atom is 0.221 e. The number of benzene rings is 2. The van der Waals surface area contributed by atoms with Crippen LogP contribution in [0.5, 0.6) is 0 Å². The summed E-state index contributed by atoms with van der Waals surface area (Å²) in [5.74, 6) is 1.42. The van der Waals surface area contributed by atoms with Gasteiger partial charge >= 0.3 is 0 Å². The summed E-state index contributed by atoms with van der Waals surface area (Å²) in [4.78, 5) is 23.3. The van der Waals surface area contributed by atoms with E-state index in [9.17, 15) is 4.79 Å². The molecule has 3 N–H and O–H groups in total. The third-order valence-electron chi connectivity index (χ3n) is 5.49. The lowest BCUT2D eigenvalue weighted by Gasteiger charge is -2.31. The highest BCUT2D eigenvalue weighted by atomic mass is 16.1. The minimum absolute atomic E-state index is 0.00375. The van der Waals surface area contributed by atoms with Gasteiger partial charge in [0.2, 0.25) is 5.91 Å². The average Bonchev–Trinajstić information content (AvgIpc) is 2.77. The molecule has 0 aliphatic carbocycles. The number of hydrogen-bond donors (Lipinski definition) is 2. The molecule has 3 aromatic rings. The molecular weight excluding hydrogens is 362 g/mol. The van der Waals surface area contributed by atoms with E-state index in [0.717, 1.165) is 73.6 Å². The fourth-order valence-corrected chi connectivity index (χ4v) is 3.93. The first kappa shape index (κ1) is 19.3. The van der Waals surface area contributed by atoms with E-state index in [4.69, 9.17) is 15.7 Å². The summed E-state index contributed by atoms with van der Waals surface area (Å²) in [6.45, 7) is 3.58. The molecule has 6 nitrogen and oxygen atoms in total. The van der Waals surface area contributed by atoms with Crippen molar-refractivity contribution in [1.82, 2.24) is 14.9 Å². The number of amides is 1. The van der Waals surface area contributed by atoms with Gasteiger partial charge in [-0.1, -0.05) is 42.5 Å². The molecule has 0 spiro atoms. The van der Waals surface area contributed by atoms with Crippen LogP contribution in [0.15, 0.2) is 54.6 Å². The van der Waals surface area contributed by atoms with Crippen LogP contribution >= 0.6 is 0 Å². The molecule has 150 valence electrons. The smallest absolute Gasteiger partial charge is 0.221 e. The molecule has 1 amide bonds. The number of nitrogens with zero attached hydrogens (tertiary/aromatic N) is 3. The minimum Gasteiger partial charge on any atom is -0.369 e. The highest BCUT2D eigenvalue weighted by Crippen LogP contribution is 2.24. The van der Waals surface area contributed by atoms with Crippen molar-refractivity contribution in [3.8, 4) is 11.4 Å². The van der Waals surface area contributed by atoms with Crippen LogP contribution in [0, 0.1) is 5.92 Å². The zero-order valence-corrected chi connectivity index (χ0v) is 16.6. The van der Waals surface area contributed by atoms with Crippen molar-refractivity contribution in [3.05, 3.63) is 54.6 Å². The summed E-state index contributed by atoms with van der Waals surface area (Å²) >= 11 is 0. The lowest BCUT2D eigenvalue weighted by atomic mass is 9.97. The molecule has 1 aromatic heterocycles. The van der Waals surface area contributed by atoms with Crippen molar-refractivity contribution in [2.75, 3.05) is 31.5 Å². The molecule has 1 fully saturated rings. The maximum atomic E-state index is 11.5. The predicted octanol–water partition coefficient (Wildman–Crippen LogP) is 3.30. The first-order valence-electron chi connectivity index (χ1n) is 10.3. The van der Waals surface area contributed by atoms with Crippen LogP contribution in [0.1, 0.15) is 19.3 Å². The SMILES string of the molecule is NC(=O)[C@H]1CCCN(CCCNc2nc(-c3ccccc3)nc3ccccc23)C1. The fourth-order valence-electron chi connectivity index (χ4n) is 3.93. The zero-order chi connectivity index (χ0) is 20.1. The Labute approximate surface area is 171 Å². The minimum atomic E-state index is -0.172. The van der Waals surface area contributed by atoms with Gasteiger partial charge in [-0.15, -0.1) is 0 Å². The van der Waals surface area contributed by atoms with Gasteiger partial charge in [-0.05, 0) is 44.5 Å². The molecule has 2 aromatic carbocycles. The molecule has 0 radical (unpaired) electrons. The quantitative estimate of drug-likeness (QED) is 0.606. The van der Waals surface area contributed by atoms with Crippen LogP contribution < -0.4 is 11.1 Å². The molecule has 1 aliphatic rings. The van der Waals surface area contributed by atoms with Crippen molar-refractivity contribution in [3.63, 3.8) is 0 Å². The number of anilines is 1. The largest absolute Gasteiger partial charge is 0.369 e. The number of carbonyl (C=O) groups is 1. The monoisotopic (exact) mass is 389 g/mol. The molecule has 0 unspecified atom stereocenters. The van der Waals surface area contributed by atoms with Gasteiger partial charge in [0, 0.05) is 24.0 Å². The van der Waals surface area contributed by atoms with E-state index in [1.165, 1.54) is 0 Å². The molecular formula is C23H27N5O. The van der Waals surface area contributed by atoms with E-state index in [1.807, 2.05) is 48.5 Å². The molecule has 1 aliphatic heterocycles. The Balaban J connectivity index is 1.43. The summed E-state index contributed by atoms with van der Waals surface area (Å²) in [7, 11) is 0. The van der Waals surface area contributed by atoms with Gasteiger partial charge in [0.15, 0.2) is 5.82 Å². The lowest BCUT2D eigenvalue weighted by Crippen LogP contribution is -2.41. The van der Waals surface area contributed by atoms with Crippen LogP contribution in [0.3, 0.4) is 0 Å². The molecule has 2 heterocycles. The lowest BCUT2D eigenvalue weighted by molar-refractivity contribution is -0.123. The van der Waals surface area contributed by atoms with Gasteiger partial charge in [-0.25, -0.2) is 9.97 Å². The number of nitrogens with one attached hydrogen (secondary N) is 1. The number of nitrogens with two attached hydrogens (primary N) is 1. The first-order chi connectivity index (χ1) is 14.2. The second kappa shape index (κ2) is 9.01. The number of piperidine rings is 1. The molecule has 0 bridgehead atoms. The Bertz CT molecular complexity index is 975.